The van der Waals surface area contributed by atoms with Crippen molar-refractivity contribution in [2.75, 3.05) is 14.2 Å². The number of methoxy groups -OCH3 is 2. The molecule has 1 aromatic heterocycles. The Labute approximate surface area is 124 Å². The van der Waals surface area contributed by atoms with Gasteiger partial charge in [-0.2, -0.15) is 0 Å². The summed E-state index contributed by atoms with van der Waals surface area (Å²) < 4.78 is 10.6. The predicted molar refractivity (Wildman–Crippen MR) is 72.9 cm³/mol. The fraction of sp³-hybridized carbons (Fsp3) is 0.154. The number of rotatable bonds is 4. The van der Waals surface area contributed by atoms with Gasteiger partial charge in [-0.3, -0.25) is 10.1 Å². The Kier molecular flexibility index (Phi) is 4.16. The molecule has 0 saturated heterocycles. The summed E-state index contributed by atoms with van der Waals surface area (Å²) >= 11 is 0. The lowest BCUT2D eigenvalue weighted by molar-refractivity contribution is -0.384. The third kappa shape index (κ3) is 2.64. The Morgan fingerprint density at radius 2 is 1.73 bits per heavy atom. The molecule has 2 aromatic rings. The monoisotopic (exact) mass is 305 g/mol. The Bertz CT molecular complexity index is 701. The minimum atomic E-state index is -0.822. The van der Waals surface area contributed by atoms with Gasteiger partial charge in [0.15, 0.2) is 0 Å². The van der Waals surface area contributed by atoms with Crippen LogP contribution in [0.1, 0.15) is 20.7 Å². The lowest BCUT2D eigenvalue weighted by atomic mass is 10.0. The number of hydrogen-bond acceptors (Lipinski definition) is 7. The van der Waals surface area contributed by atoms with Gasteiger partial charge in [-0.1, -0.05) is 0 Å². The van der Waals surface area contributed by atoms with Crippen molar-refractivity contribution in [2.45, 2.75) is 0 Å². The Morgan fingerprint density at radius 3 is 2.09 bits per heavy atom. The highest BCUT2D eigenvalue weighted by Gasteiger charge is 2.26. The van der Waals surface area contributed by atoms with Crippen LogP contribution in [-0.4, -0.2) is 40.6 Å². The summed E-state index contributed by atoms with van der Waals surface area (Å²) in [7, 11) is 2.27. The quantitative estimate of drug-likeness (QED) is 0.476. The standard InChI is InChI=1S/C13H11N3O6/c1-21-12(17)9-5-8(16(19)20)6-10(13(18)22-2)11(9)15-4-3-14-7-15/h3-7H,1-2H3. The van der Waals surface area contributed by atoms with E-state index in [1.807, 2.05) is 0 Å². The Balaban J connectivity index is 2.84. The maximum atomic E-state index is 11.9. The van der Waals surface area contributed by atoms with Gasteiger partial charge >= 0.3 is 11.9 Å². The van der Waals surface area contributed by atoms with E-state index in [0.717, 1.165) is 26.4 Å². The van der Waals surface area contributed by atoms with E-state index in [2.05, 4.69) is 14.5 Å². The van der Waals surface area contributed by atoms with Crippen molar-refractivity contribution in [3.05, 3.63) is 52.1 Å². The maximum absolute atomic E-state index is 11.9. The van der Waals surface area contributed by atoms with Gasteiger partial charge < -0.3 is 14.0 Å². The largest absolute Gasteiger partial charge is 0.465 e. The zero-order chi connectivity index (χ0) is 16.3. The maximum Gasteiger partial charge on any atom is 0.340 e. The lowest BCUT2D eigenvalue weighted by Gasteiger charge is -2.13. The molecule has 22 heavy (non-hydrogen) atoms. The molecule has 0 bridgehead atoms. The third-order valence-corrected chi connectivity index (χ3v) is 2.88. The van der Waals surface area contributed by atoms with E-state index in [9.17, 15) is 19.7 Å². The molecule has 114 valence electrons. The molecule has 2 rings (SSSR count). The number of hydrogen-bond donors (Lipinski definition) is 0. The molecule has 0 aliphatic carbocycles. The molecule has 0 aliphatic heterocycles. The first-order valence-electron chi connectivity index (χ1n) is 5.97. The average Bonchev–Trinajstić information content (AvgIpc) is 3.05. The van der Waals surface area contributed by atoms with E-state index in [1.165, 1.54) is 23.3 Å². The fourth-order valence-electron chi connectivity index (χ4n) is 1.93. The molecule has 0 fully saturated rings. The van der Waals surface area contributed by atoms with Crippen LogP contribution in [-0.2, 0) is 9.47 Å². The topological polar surface area (TPSA) is 114 Å². The lowest BCUT2D eigenvalue weighted by Crippen LogP contribution is -2.14. The number of imidazole rings is 1. The number of nitro groups is 1. The van der Waals surface area contributed by atoms with Gasteiger partial charge in [0.1, 0.15) is 0 Å². The van der Waals surface area contributed by atoms with Crippen LogP contribution >= 0.6 is 0 Å². The van der Waals surface area contributed by atoms with Gasteiger partial charge in [-0.15, -0.1) is 0 Å². The van der Waals surface area contributed by atoms with Crippen LogP contribution in [0.25, 0.3) is 5.69 Å². The van der Waals surface area contributed by atoms with Gasteiger partial charge in [-0.25, -0.2) is 14.6 Å². The van der Waals surface area contributed by atoms with E-state index in [4.69, 9.17) is 0 Å². The molecule has 0 atom stereocenters. The molecule has 0 spiro atoms. The summed E-state index contributed by atoms with van der Waals surface area (Å²) in [4.78, 5) is 38.0. The molecule has 0 radical (unpaired) electrons. The summed E-state index contributed by atoms with van der Waals surface area (Å²) in [6.45, 7) is 0. The molecular weight excluding hydrogens is 294 g/mol. The van der Waals surface area contributed by atoms with Gasteiger partial charge in [0.25, 0.3) is 5.69 Å². The SMILES string of the molecule is COC(=O)c1cc([N+](=O)[O-])cc(C(=O)OC)c1-n1ccnc1. The zero-order valence-corrected chi connectivity index (χ0v) is 11.7. The fourth-order valence-corrected chi connectivity index (χ4v) is 1.93. The Hall–Kier alpha value is -3.23. The van der Waals surface area contributed by atoms with E-state index in [-0.39, 0.29) is 16.8 Å². The van der Waals surface area contributed by atoms with Gasteiger partial charge in [0.2, 0.25) is 0 Å². The van der Waals surface area contributed by atoms with Gasteiger partial charge in [0, 0.05) is 24.5 Å². The smallest absolute Gasteiger partial charge is 0.340 e. The van der Waals surface area contributed by atoms with Crippen LogP contribution in [0.3, 0.4) is 0 Å². The first-order chi connectivity index (χ1) is 10.5. The van der Waals surface area contributed by atoms with Crippen LogP contribution in [0.4, 0.5) is 5.69 Å². The average molecular weight is 305 g/mol. The highest BCUT2D eigenvalue weighted by atomic mass is 16.6. The van der Waals surface area contributed by atoms with Crippen molar-refractivity contribution < 1.29 is 24.0 Å². The number of ether oxygens (including phenoxy) is 2. The second kappa shape index (κ2) is 6.04. The number of esters is 2. The summed E-state index contributed by atoms with van der Waals surface area (Å²) in [5, 5.41) is 11.0. The number of carbonyl (C=O) groups is 2. The third-order valence-electron chi connectivity index (χ3n) is 2.88. The molecule has 0 N–H and O–H groups in total. The van der Waals surface area contributed by atoms with E-state index >= 15 is 0 Å². The number of aromatic nitrogens is 2. The molecule has 1 heterocycles. The summed E-state index contributed by atoms with van der Waals surface area (Å²) in [6.07, 6.45) is 4.27. The molecule has 0 saturated carbocycles. The van der Waals surface area contributed by atoms with E-state index in [1.54, 1.807) is 0 Å². The van der Waals surface area contributed by atoms with Crippen LogP contribution in [0.2, 0.25) is 0 Å². The summed E-state index contributed by atoms with van der Waals surface area (Å²) in [5.74, 6) is -1.64. The molecule has 9 nitrogen and oxygen atoms in total. The molecule has 0 amide bonds. The molecular formula is C13H11N3O6. The number of carbonyl (C=O) groups excluding carboxylic acids is 2. The Morgan fingerprint density at radius 1 is 1.18 bits per heavy atom. The molecule has 0 aliphatic rings. The minimum absolute atomic E-state index is 0.0989. The highest BCUT2D eigenvalue weighted by molar-refractivity contribution is 6.02. The van der Waals surface area contributed by atoms with Crippen molar-refractivity contribution in [3.63, 3.8) is 0 Å². The number of non-ortho nitro benzene ring substituents is 1. The zero-order valence-electron chi connectivity index (χ0n) is 11.7. The molecule has 1 aromatic carbocycles. The van der Waals surface area contributed by atoms with Crippen LogP contribution in [0, 0.1) is 10.1 Å². The van der Waals surface area contributed by atoms with E-state index in [0.29, 0.717) is 0 Å². The molecule has 0 unspecified atom stereocenters. The first kappa shape index (κ1) is 15.2. The van der Waals surface area contributed by atoms with Crippen molar-refractivity contribution in [1.82, 2.24) is 9.55 Å². The molecule has 9 heteroatoms. The van der Waals surface area contributed by atoms with Crippen molar-refractivity contribution in [1.29, 1.82) is 0 Å². The second-order valence-electron chi connectivity index (χ2n) is 4.10. The minimum Gasteiger partial charge on any atom is -0.465 e. The van der Waals surface area contributed by atoms with E-state index < -0.39 is 22.5 Å². The van der Waals surface area contributed by atoms with Crippen LogP contribution in [0.5, 0.6) is 0 Å². The van der Waals surface area contributed by atoms with Crippen LogP contribution in [0.15, 0.2) is 30.9 Å². The van der Waals surface area contributed by atoms with Crippen molar-refractivity contribution in [2.24, 2.45) is 0 Å². The highest BCUT2D eigenvalue weighted by Crippen LogP contribution is 2.27. The van der Waals surface area contributed by atoms with Gasteiger partial charge in [0.05, 0.1) is 42.3 Å². The normalized spacial score (nSPS) is 10.1. The summed E-state index contributed by atoms with van der Waals surface area (Å²) in [6, 6.07) is 2.07. The number of nitrogens with zero attached hydrogens (tertiary/aromatic N) is 3. The summed E-state index contributed by atoms with van der Waals surface area (Å²) in [5.41, 5.74) is -0.614. The predicted octanol–water partition coefficient (Wildman–Crippen LogP) is 1.35. The van der Waals surface area contributed by atoms with Gasteiger partial charge in [-0.05, 0) is 0 Å². The number of benzene rings is 1. The number of nitro benzene ring substituents is 1. The van der Waals surface area contributed by atoms with Crippen molar-refractivity contribution >= 4 is 17.6 Å². The van der Waals surface area contributed by atoms with Crippen LogP contribution < -0.4 is 0 Å². The first-order valence-corrected chi connectivity index (χ1v) is 5.97. The second-order valence-corrected chi connectivity index (χ2v) is 4.10. The van der Waals surface area contributed by atoms with Crippen molar-refractivity contribution in [3.8, 4) is 5.69 Å².